The lowest BCUT2D eigenvalue weighted by Crippen LogP contribution is -1.95. The van der Waals surface area contributed by atoms with E-state index >= 15 is 0 Å². The minimum Gasteiger partial charge on any atom is -0.342 e. The number of hydrogen-bond donors (Lipinski definition) is 1. The van der Waals surface area contributed by atoms with Crippen molar-refractivity contribution >= 4 is 5.78 Å². The third-order valence-corrected chi connectivity index (χ3v) is 2.56. The predicted molar refractivity (Wildman–Crippen MR) is 62.9 cm³/mol. The smallest absolute Gasteiger partial charge is 0.135 e. The number of Topliss-reactive ketones (excluding diaryl/α,β-unsaturated/α-hetero) is 1. The lowest BCUT2D eigenvalue weighted by Gasteiger charge is -1.99. The summed E-state index contributed by atoms with van der Waals surface area (Å²) in [6.07, 6.45) is 2.35. The molecule has 0 aliphatic rings. The van der Waals surface area contributed by atoms with Crippen LogP contribution in [0, 0.1) is 11.6 Å². The maximum Gasteiger partial charge on any atom is 0.135 e. The van der Waals surface area contributed by atoms with Gasteiger partial charge in [-0.05, 0) is 19.1 Å². The Balaban J connectivity index is 2.21. The number of nitrogens with zero attached hydrogens (tertiary/aromatic N) is 1. The van der Waals surface area contributed by atoms with Crippen molar-refractivity contribution < 1.29 is 13.6 Å². The number of aryl methyl sites for hydroxylation is 1. The number of rotatable bonds is 4. The van der Waals surface area contributed by atoms with Crippen LogP contribution in [-0.4, -0.2) is 15.8 Å². The largest absolute Gasteiger partial charge is 0.342 e. The van der Waals surface area contributed by atoms with Gasteiger partial charge in [0.25, 0.3) is 0 Å². The van der Waals surface area contributed by atoms with Gasteiger partial charge < -0.3 is 9.78 Å². The number of nitrogens with one attached hydrogen (secondary N) is 1. The van der Waals surface area contributed by atoms with Gasteiger partial charge in [-0.15, -0.1) is 0 Å². The Kier molecular flexibility index (Phi) is 3.50. The molecule has 0 saturated carbocycles. The summed E-state index contributed by atoms with van der Waals surface area (Å²) in [7, 11) is 0. The van der Waals surface area contributed by atoms with Gasteiger partial charge >= 0.3 is 0 Å². The molecule has 0 aliphatic heterocycles. The Hall–Kier alpha value is -2.04. The van der Waals surface area contributed by atoms with Crippen LogP contribution in [0.15, 0.2) is 24.4 Å². The first-order chi connectivity index (χ1) is 8.56. The van der Waals surface area contributed by atoms with Crippen molar-refractivity contribution in [3.05, 3.63) is 41.9 Å². The van der Waals surface area contributed by atoms with E-state index in [0.29, 0.717) is 24.4 Å². The standard InChI is InChI=1S/C13H12F2N2O/c1-8(18)2-5-13-16-7-12(17-13)10-4-3-9(14)6-11(10)15/h3-4,6-7H,2,5H2,1H3,(H,16,17). The fourth-order valence-corrected chi connectivity index (χ4v) is 1.63. The average molecular weight is 250 g/mol. The number of aromatic nitrogens is 2. The fourth-order valence-electron chi connectivity index (χ4n) is 1.63. The molecule has 1 heterocycles. The molecule has 0 radical (unpaired) electrons. The van der Waals surface area contributed by atoms with Crippen LogP contribution in [0.4, 0.5) is 8.78 Å². The van der Waals surface area contributed by atoms with Crippen LogP contribution < -0.4 is 0 Å². The molecule has 0 spiro atoms. The molecule has 1 N–H and O–H groups in total. The topological polar surface area (TPSA) is 45.8 Å². The monoisotopic (exact) mass is 250 g/mol. The Morgan fingerprint density at radius 2 is 2.17 bits per heavy atom. The molecule has 0 saturated heterocycles. The van der Waals surface area contributed by atoms with Crippen LogP contribution in [0.2, 0.25) is 0 Å². The van der Waals surface area contributed by atoms with E-state index in [9.17, 15) is 13.6 Å². The van der Waals surface area contributed by atoms with Crippen molar-refractivity contribution in [2.24, 2.45) is 0 Å². The minimum atomic E-state index is -0.642. The van der Waals surface area contributed by atoms with Crippen LogP contribution in [0.1, 0.15) is 19.2 Å². The van der Waals surface area contributed by atoms with Crippen molar-refractivity contribution in [2.45, 2.75) is 19.8 Å². The number of ketones is 1. The molecular formula is C13H12F2N2O. The molecule has 0 aliphatic carbocycles. The highest BCUT2D eigenvalue weighted by molar-refractivity contribution is 5.75. The van der Waals surface area contributed by atoms with Gasteiger partial charge in [-0.2, -0.15) is 0 Å². The molecule has 1 aromatic heterocycles. The van der Waals surface area contributed by atoms with E-state index < -0.39 is 11.6 Å². The second-order valence-electron chi connectivity index (χ2n) is 4.07. The van der Waals surface area contributed by atoms with Crippen molar-refractivity contribution in [2.75, 3.05) is 0 Å². The lowest BCUT2D eigenvalue weighted by atomic mass is 10.1. The summed E-state index contributed by atoms with van der Waals surface area (Å²) in [5, 5.41) is 0. The van der Waals surface area contributed by atoms with Crippen molar-refractivity contribution in [1.29, 1.82) is 0 Å². The Bertz CT molecular complexity index is 578. The summed E-state index contributed by atoms with van der Waals surface area (Å²) in [5.74, 6) is -0.575. The van der Waals surface area contributed by atoms with E-state index in [1.807, 2.05) is 0 Å². The van der Waals surface area contributed by atoms with Gasteiger partial charge in [0.1, 0.15) is 23.2 Å². The highest BCUT2D eigenvalue weighted by Gasteiger charge is 2.09. The summed E-state index contributed by atoms with van der Waals surface area (Å²) in [5.41, 5.74) is 0.740. The van der Waals surface area contributed by atoms with E-state index in [2.05, 4.69) is 9.97 Å². The van der Waals surface area contributed by atoms with E-state index in [1.54, 1.807) is 0 Å². The number of halogens is 2. The Labute approximate surface area is 103 Å². The maximum atomic E-state index is 13.5. The van der Waals surface area contributed by atoms with Crippen LogP contribution in [-0.2, 0) is 11.2 Å². The molecule has 0 unspecified atom stereocenters. The normalized spacial score (nSPS) is 10.6. The van der Waals surface area contributed by atoms with Crippen molar-refractivity contribution in [1.82, 2.24) is 9.97 Å². The summed E-state index contributed by atoms with van der Waals surface area (Å²) < 4.78 is 26.3. The van der Waals surface area contributed by atoms with Gasteiger partial charge in [-0.25, -0.2) is 13.8 Å². The molecule has 18 heavy (non-hydrogen) atoms. The molecule has 0 atom stereocenters. The van der Waals surface area contributed by atoms with Crippen LogP contribution in [0.5, 0.6) is 0 Å². The Morgan fingerprint density at radius 1 is 1.39 bits per heavy atom. The van der Waals surface area contributed by atoms with Crippen molar-refractivity contribution in [3.8, 4) is 11.3 Å². The van der Waals surface area contributed by atoms with Gasteiger partial charge in [-0.3, -0.25) is 0 Å². The average Bonchev–Trinajstić information content (AvgIpc) is 2.75. The molecular weight excluding hydrogens is 238 g/mol. The number of hydrogen-bond acceptors (Lipinski definition) is 2. The second-order valence-corrected chi connectivity index (χ2v) is 4.07. The zero-order valence-electron chi connectivity index (χ0n) is 9.84. The van der Waals surface area contributed by atoms with Crippen LogP contribution >= 0.6 is 0 Å². The second kappa shape index (κ2) is 5.08. The fraction of sp³-hybridized carbons (Fsp3) is 0.231. The number of carbonyl (C=O) groups is 1. The van der Waals surface area contributed by atoms with Crippen LogP contribution in [0.25, 0.3) is 11.3 Å². The molecule has 5 heteroatoms. The van der Waals surface area contributed by atoms with E-state index in [-0.39, 0.29) is 11.3 Å². The molecule has 1 aromatic carbocycles. The number of carbonyl (C=O) groups excluding carboxylic acids is 1. The summed E-state index contributed by atoms with van der Waals surface area (Å²) >= 11 is 0. The van der Waals surface area contributed by atoms with E-state index in [1.165, 1.54) is 25.3 Å². The first-order valence-corrected chi connectivity index (χ1v) is 5.55. The van der Waals surface area contributed by atoms with Gasteiger partial charge in [-0.1, -0.05) is 0 Å². The van der Waals surface area contributed by atoms with E-state index in [4.69, 9.17) is 0 Å². The summed E-state index contributed by atoms with van der Waals surface area (Å²) in [6.45, 7) is 1.50. The van der Waals surface area contributed by atoms with Gasteiger partial charge in [0.15, 0.2) is 0 Å². The molecule has 3 nitrogen and oxygen atoms in total. The summed E-state index contributed by atoms with van der Waals surface area (Å²) in [6, 6.07) is 3.37. The number of imidazole rings is 1. The number of benzene rings is 1. The molecule has 2 aromatic rings. The minimum absolute atomic E-state index is 0.0703. The molecule has 0 fully saturated rings. The third kappa shape index (κ3) is 2.80. The molecule has 94 valence electrons. The number of H-pyrrole nitrogens is 1. The van der Waals surface area contributed by atoms with Crippen molar-refractivity contribution in [3.63, 3.8) is 0 Å². The maximum absolute atomic E-state index is 13.5. The molecule has 2 rings (SSSR count). The molecule has 0 bridgehead atoms. The lowest BCUT2D eigenvalue weighted by molar-refractivity contribution is -0.117. The third-order valence-electron chi connectivity index (χ3n) is 2.56. The highest BCUT2D eigenvalue weighted by atomic mass is 19.1. The predicted octanol–water partition coefficient (Wildman–Crippen LogP) is 2.88. The highest BCUT2D eigenvalue weighted by Crippen LogP contribution is 2.21. The van der Waals surface area contributed by atoms with Crippen LogP contribution in [0.3, 0.4) is 0 Å². The zero-order chi connectivity index (χ0) is 13.1. The number of aromatic amines is 1. The SMILES string of the molecule is CC(=O)CCc1ncc(-c2ccc(F)cc2F)[nH]1. The first kappa shape index (κ1) is 12.4. The first-order valence-electron chi connectivity index (χ1n) is 5.55. The van der Waals surface area contributed by atoms with Gasteiger partial charge in [0.2, 0.25) is 0 Å². The Morgan fingerprint density at radius 3 is 2.83 bits per heavy atom. The zero-order valence-corrected chi connectivity index (χ0v) is 9.84. The summed E-state index contributed by atoms with van der Waals surface area (Å²) in [4.78, 5) is 17.8. The van der Waals surface area contributed by atoms with Gasteiger partial charge in [0, 0.05) is 24.5 Å². The molecule has 0 amide bonds. The van der Waals surface area contributed by atoms with Gasteiger partial charge in [0.05, 0.1) is 11.9 Å². The van der Waals surface area contributed by atoms with E-state index in [0.717, 1.165) is 6.07 Å². The quantitative estimate of drug-likeness (QED) is 0.906.